The predicted octanol–water partition coefficient (Wildman–Crippen LogP) is 5.03. The van der Waals surface area contributed by atoms with Gasteiger partial charge < -0.3 is 0 Å². The average Bonchev–Trinajstić information content (AvgIpc) is 2.59. The SMILES string of the molecule is CC1(C)C(C)(C)C12CCCC1CCCCC12. The molecule has 3 fully saturated rings. The summed E-state index contributed by atoms with van der Waals surface area (Å²) in [6.45, 7) is 10.2. The Labute approximate surface area is 101 Å². The summed E-state index contributed by atoms with van der Waals surface area (Å²) < 4.78 is 0. The second-order valence-electron chi connectivity index (χ2n) is 7.76. The Balaban J connectivity index is 1.96. The molecule has 0 amide bonds. The Bertz CT molecular complexity index is 281. The van der Waals surface area contributed by atoms with Crippen LogP contribution in [0.5, 0.6) is 0 Å². The minimum atomic E-state index is 0.598. The summed E-state index contributed by atoms with van der Waals surface area (Å²) in [5.74, 6) is 2.16. The van der Waals surface area contributed by atoms with E-state index in [-0.39, 0.29) is 0 Å². The zero-order valence-corrected chi connectivity index (χ0v) is 11.6. The lowest BCUT2D eigenvalue weighted by atomic mass is 9.60. The van der Waals surface area contributed by atoms with Crippen molar-refractivity contribution in [2.45, 2.75) is 72.6 Å². The van der Waals surface area contributed by atoms with Crippen LogP contribution in [0.15, 0.2) is 0 Å². The standard InChI is InChI=1S/C16H28/c1-14(2)15(3,4)16(14)11-7-9-12-8-5-6-10-13(12)16/h12-13H,5-11H2,1-4H3. The Morgan fingerprint density at radius 3 is 1.94 bits per heavy atom. The van der Waals surface area contributed by atoms with Gasteiger partial charge in [-0.15, -0.1) is 0 Å². The number of hydrogen-bond acceptors (Lipinski definition) is 0. The second kappa shape index (κ2) is 3.06. The van der Waals surface area contributed by atoms with Crippen molar-refractivity contribution in [2.75, 3.05) is 0 Å². The summed E-state index contributed by atoms with van der Waals surface area (Å²) in [4.78, 5) is 0. The summed E-state index contributed by atoms with van der Waals surface area (Å²) in [5, 5.41) is 0. The van der Waals surface area contributed by atoms with Crippen LogP contribution in [0.3, 0.4) is 0 Å². The number of rotatable bonds is 0. The number of fused-ring (bicyclic) bond motifs is 2. The minimum Gasteiger partial charge on any atom is -0.0588 e. The normalized spacial score (nSPS) is 42.8. The average molecular weight is 220 g/mol. The zero-order valence-electron chi connectivity index (χ0n) is 11.6. The van der Waals surface area contributed by atoms with Crippen molar-refractivity contribution >= 4 is 0 Å². The van der Waals surface area contributed by atoms with Crippen LogP contribution in [-0.2, 0) is 0 Å². The third kappa shape index (κ3) is 0.985. The first-order valence-corrected chi connectivity index (χ1v) is 7.45. The van der Waals surface area contributed by atoms with Crippen LogP contribution >= 0.6 is 0 Å². The van der Waals surface area contributed by atoms with E-state index < -0.39 is 0 Å². The summed E-state index contributed by atoms with van der Waals surface area (Å²) >= 11 is 0. The first-order chi connectivity index (χ1) is 7.45. The molecule has 0 heteroatoms. The van der Waals surface area contributed by atoms with Crippen molar-refractivity contribution in [1.82, 2.24) is 0 Å². The fraction of sp³-hybridized carbons (Fsp3) is 1.00. The lowest BCUT2D eigenvalue weighted by molar-refractivity contribution is 0.0481. The molecule has 0 aromatic carbocycles. The van der Waals surface area contributed by atoms with E-state index >= 15 is 0 Å². The van der Waals surface area contributed by atoms with E-state index in [0.29, 0.717) is 16.2 Å². The topological polar surface area (TPSA) is 0 Å². The molecule has 0 aliphatic heterocycles. The summed E-state index contributed by atoms with van der Waals surface area (Å²) in [5.41, 5.74) is 1.91. The molecule has 2 atom stereocenters. The molecule has 92 valence electrons. The predicted molar refractivity (Wildman–Crippen MR) is 69.3 cm³/mol. The monoisotopic (exact) mass is 220 g/mol. The quantitative estimate of drug-likeness (QED) is 0.537. The maximum absolute atomic E-state index is 2.55. The van der Waals surface area contributed by atoms with Crippen LogP contribution in [0, 0.1) is 28.1 Å². The van der Waals surface area contributed by atoms with Crippen LogP contribution in [-0.4, -0.2) is 0 Å². The highest BCUT2D eigenvalue weighted by atomic mass is 14.8. The first-order valence-electron chi connectivity index (χ1n) is 7.45. The Kier molecular flexibility index (Phi) is 2.12. The molecule has 16 heavy (non-hydrogen) atoms. The van der Waals surface area contributed by atoms with Gasteiger partial charge in [0.1, 0.15) is 0 Å². The maximum atomic E-state index is 2.55. The summed E-state index contributed by atoms with van der Waals surface area (Å²) in [6.07, 6.45) is 10.7. The Hall–Kier alpha value is 0. The van der Waals surface area contributed by atoms with Crippen molar-refractivity contribution in [1.29, 1.82) is 0 Å². The molecule has 0 radical (unpaired) electrons. The van der Waals surface area contributed by atoms with Crippen molar-refractivity contribution in [3.63, 3.8) is 0 Å². The smallest absolute Gasteiger partial charge is 0.0154 e. The molecule has 3 saturated carbocycles. The lowest BCUT2D eigenvalue weighted by Gasteiger charge is -2.45. The van der Waals surface area contributed by atoms with E-state index in [9.17, 15) is 0 Å². The molecule has 0 heterocycles. The van der Waals surface area contributed by atoms with E-state index in [0.717, 1.165) is 11.8 Å². The summed E-state index contributed by atoms with van der Waals surface area (Å²) in [6, 6.07) is 0. The van der Waals surface area contributed by atoms with Crippen LogP contribution in [0.4, 0.5) is 0 Å². The van der Waals surface area contributed by atoms with Crippen molar-refractivity contribution in [3.05, 3.63) is 0 Å². The summed E-state index contributed by atoms with van der Waals surface area (Å²) in [7, 11) is 0. The second-order valence-corrected chi connectivity index (χ2v) is 7.76. The van der Waals surface area contributed by atoms with Gasteiger partial charge in [-0.3, -0.25) is 0 Å². The molecule has 0 aromatic rings. The van der Waals surface area contributed by atoms with Gasteiger partial charge in [-0.05, 0) is 40.9 Å². The zero-order chi connectivity index (χ0) is 11.6. The van der Waals surface area contributed by atoms with Gasteiger partial charge in [-0.25, -0.2) is 0 Å². The van der Waals surface area contributed by atoms with Gasteiger partial charge in [0.05, 0.1) is 0 Å². The van der Waals surface area contributed by atoms with Crippen LogP contribution < -0.4 is 0 Å². The van der Waals surface area contributed by atoms with Crippen LogP contribution in [0.1, 0.15) is 72.6 Å². The molecular formula is C16H28. The van der Waals surface area contributed by atoms with Crippen molar-refractivity contribution < 1.29 is 0 Å². The van der Waals surface area contributed by atoms with Crippen LogP contribution in [0.25, 0.3) is 0 Å². The molecule has 2 unspecified atom stereocenters. The third-order valence-corrected chi connectivity index (χ3v) is 7.42. The van der Waals surface area contributed by atoms with Gasteiger partial charge in [0.15, 0.2) is 0 Å². The molecule has 0 N–H and O–H groups in total. The molecule has 0 aromatic heterocycles. The molecule has 3 rings (SSSR count). The molecule has 0 saturated heterocycles. The van der Waals surface area contributed by atoms with Crippen molar-refractivity contribution in [3.8, 4) is 0 Å². The Morgan fingerprint density at radius 2 is 1.31 bits per heavy atom. The van der Waals surface area contributed by atoms with Gasteiger partial charge in [-0.1, -0.05) is 59.8 Å². The minimum absolute atomic E-state index is 0.598. The fourth-order valence-corrected chi connectivity index (χ4v) is 6.05. The van der Waals surface area contributed by atoms with E-state index in [1.807, 2.05) is 0 Å². The molecule has 3 aliphatic rings. The van der Waals surface area contributed by atoms with Gasteiger partial charge >= 0.3 is 0 Å². The fourth-order valence-electron chi connectivity index (χ4n) is 6.05. The van der Waals surface area contributed by atoms with E-state index in [2.05, 4.69) is 27.7 Å². The first kappa shape index (κ1) is 11.1. The largest absolute Gasteiger partial charge is 0.0588 e. The molecule has 0 nitrogen and oxygen atoms in total. The van der Waals surface area contributed by atoms with E-state index in [1.165, 1.54) is 32.1 Å². The molecule has 3 aliphatic carbocycles. The molecule has 0 bridgehead atoms. The van der Waals surface area contributed by atoms with E-state index in [1.54, 1.807) is 12.8 Å². The van der Waals surface area contributed by atoms with Gasteiger partial charge in [-0.2, -0.15) is 0 Å². The highest BCUT2D eigenvalue weighted by molar-refractivity contribution is 5.27. The Morgan fingerprint density at radius 1 is 0.750 bits per heavy atom. The molecule has 1 spiro atoms. The van der Waals surface area contributed by atoms with Crippen LogP contribution in [0.2, 0.25) is 0 Å². The number of hydrogen-bond donors (Lipinski definition) is 0. The highest BCUT2D eigenvalue weighted by Gasteiger charge is 2.79. The van der Waals surface area contributed by atoms with Gasteiger partial charge in [0, 0.05) is 0 Å². The van der Waals surface area contributed by atoms with Gasteiger partial charge in [0.25, 0.3) is 0 Å². The molecular weight excluding hydrogens is 192 g/mol. The third-order valence-electron chi connectivity index (χ3n) is 7.42. The highest BCUT2D eigenvalue weighted by Crippen LogP contribution is 2.85. The van der Waals surface area contributed by atoms with Gasteiger partial charge in [0.2, 0.25) is 0 Å². The van der Waals surface area contributed by atoms with Crippen molar-refractivity contribution in [2.24, 2.45) is 28.1 Å². The van der Waals surface area contributed by atoms with E-state index in [4.69, 9.17) is 0 Å². The maximum Gasteiger partial charge on any atom is -0.0154 e. The lowest BCUT2D eigenvalue weighted by Crippen LogP contribution is -2.36.